The molecule has 1 N–H and O–H groups in total. The summed E-state index contributed by atoms with van der Waals surface area (Å²) in [6.45, 7) is 11.4. The van der Waals surface area contributed by atoms with Crippen molar-refractivity contribution in [2.45, 2.75) is 45.6 Å². The second kappa shape index (κ2) is 7.46. The molecule has 0 aromatic heterocycles. The van der Waals surface area contributed by atoms with Gasteiger partial charge in [0, 0.05) is 25.1 Å². The average Bonchev–Trinajstić information content (AvgIpc) is 2.93. The number of rotatable bonds is 6. The van der Waals surface area contributed by atoms with Crippen molar-refractivity contribution < 1.29 is 4.74 Å². The summed E-state index contributed by atoms with van der Waals surface area (Å²) < 4.78 is 5.55. The lowest BCUT2D eigenvalue weighted by molar-refractivity contribution is 0.137. The Bertz CT molecular complexity index is 221. The van der Waals surface area contributed by atoms with Gasteiger partial charge in [0.1, 0.15) is 0 Å². The number of nitrogens with zero attached hydrogens (tertiary/aromatic N) is 1. The van der Waals surface area contributed by atoms with Crippen LogP contribution in [0.25, 0.3) is 0 Å². The molecule has 0 aromatic rings. The smallest absolute Gasteiger partial charge is 0.0510 e. The minimum atomic E-state index is 0.635. The largest absolute Gasteiger partial charge is 0.381 e. The maximum absolute atomic E-state index is 5.55. The van der Waals surface area contributed by atoms with Gasteiger partial charge in [0.15, 0.2) is 0 Å². The fourth-order valence-corrected chi connectivity index (χ4v) is 3.37. The molecule has 0 aliphatic carbocycles. The van der Waals surface area contributed by atoms with Gasteiger partial charge in [-0.2, -0.15) is 0 Å². The van der Waals surface area contributed by atoms with Crippen LogP contribution in [0.3, 0.4) is 0 Å². The van der Waals surface area contributed by atoms with E-state index in [2.05, 4.69) is 24.1 Å². The quantitative estimate of drug-likeness (QED) is 0.786. The molecule has 0 amide bonds. The lowest BCUT2D eigenvalue weighted by Gasteiger charge is -2.35. The summed E-state index contributed by atoms with van der Waals surface area (Å²) in [4.78, 5) is 2.66. The number of nitrogens with one attached hydrogen (secondary N) is 1. The molecule has 0 bridgehead atoms. The fourth-order valence-electron chi connectivity index (χ4n) is 3.37. The number of ether oxygens (including phenoxy) is 1. The summed E-state index contributed by atoms with van der Waals surface area (Å²) in [5, 5.41) is 3.68. The minimum absolute atomic E-state index is 0.635. The van der Waals surface area contributed by atoms with E-state index >= 15 is 0 Å². The van der Waals surface area contributed by atoms with Crippen molar-refractivity contribution in [3.8, 4) is 0 Å². The monoisotopic (exact) mass is 254 g/mol. The molecular weight excluding hydrogens is 224 g/mol. The Morgan fingerprint density at radius 1 is 1.22 bits per heavy atom. The van der Waals surface area contributed by atoms with E-state index in [0.717, 1.165) is 31.6 Å². The average molecular weight is 254 g/mol. The molecule has 2 heterocycles. The van der Waals surface area contributed by atoms with Crippen LogP contribution in [0.5, 0.6) is 0 Å². The van der Waals surface area contributed by atoms with E-state index in [1.165, 1.54) is 45.3 Å². The third-order valence-electron chi connectivity index (χ3n) is 4.74. The van der Waals surface area contributed by atoms with Crippen LogP contribution < -0.4 is 5.32 Å². The Morgan fingerprint density at radius 3 is 2.56 bits per heavy atom. The molecule has 2 aliphatic rings. The first kappa shape index (κ1) is 14.3. The second-order valence-electron chi connectivity index (χ2n) is 5.94. The highest BCUT2D eigenvalue weighted by molar-refractivity contribution is 4.83. The van der Waals surface area contributed by atoms with Crippen LogP contribution >= 0.6 is 0 Å². The first-order valence-electron chi connectivity index (χ1n) is 7.87. The van der Waals surface area contributed by atoms with Crippen LogP contribution in [-0.2, 0) is 4.74 Å². The number of piperidine rings is 1. The van der Waals surface area contributed by atoms with E-state index in [1.807, 2.05) is 0 Å². The zero-order chi connectivity index (χ0) is 12.8. The molecule has 2 atom stereocenters. The third kappa shape index (κ3) is 3.94. The van der Waals surface area contributed by atoms with Crippen molar-refractivity contribution in [2.75, 3.05) is 39.4 Å². The first-order valence-corrected chi connectivity index (χ1v) is 7.87. The zero-order valence-corrected chi connectivity index (χ0v) is 12.2. The van der Waals surface area contributed by atoms with Crippen molar-refractivity contribution in [3.05, 3.63) is 0 Å². The summed E-state index contributed by atoms with van der Waals surface area (Å²) in [6, 6.07) is 0.635. The van der Waals surface area contributed by atoms with Crippen molar-refractivity contribution in [3.63, 3.8) is 0 Å². The maximum atomic E-state index is 5.55. The van der Waals surface area contributed by atoms with Gasteiger partial charge in [-0.1, -0.05) is 20.3 Å². The Balaban J connectivity index is 1.77. The van der Waals surface area contributed by atoms with Crippen LogP contribution in [0.15, 0.2) is 0 Å². The van der Waals surface area contributed by atoms with Gasteiger partial charge in [0.05, 0.1) is 6.61 Å². The number of likely N-dealkylation sites (N-methyl/N-ethyl adjacent to an activating group) is 1. The molecule has 2 saturated heterocycles. The van der Waals surface area contributed by atoms with Crippen molar-refractivity contribution in [1.29, 1.82) is 0 Å². The predicted octanol–water partition coefficient (Wildman–Crippen LogP) is 2.12. The first-order chi connectivity index (χ1) is 8.83. The molecule has 3 nitrogen and oxygen atoms in total. The summed E-state index contributed by atoms with van der Waals surface area (Å²) in [5.74, 6) is 1.71. The maximum Gasteiger partial charge on any atom is 0.0510 e. The van der Waals surface area contributed by atoms with Gasteiger partial charge in [-0.15, -0.1) is 0 Å². The topological polar surface area (TPSA) is 24.5 Å². The highest BCUT2D eigenvalue weighted by Gasteiger charge is 2.28. The van der Waals surface area contributed by atoms with Crippen LogP contribution in [0, 0.1) is 11.8 Å². The SMILES string of the molecule is CCNC(CN1CCC(CC)CC1)C1CCOC1. The second-order valence-corrected chi connectivity index (χ2v) is 5.94. The molecule has 18 heavy (non-hydrogen) atoms. The van der Waals surface area contributed by atoms with E-state index in [4.69, 9.17) is 4.74 Å². The molecule has 2 fully saturated rings. The van der Waals surface area contributed by atoms with Crippen LogP contribution in [-0.4, -0.2) is 50.3 Å². The summed E-state index contributed by atoms with van der Waals surface area (Å²) in [7, 11) is 0. The Kier molecular flexibility index (Phi) is 5.93. The van der Waals surface area contributed by atoms with Crippen LogP contribution in [0.4, 0.5) is 0 Å². The highest BCUT2D eigenvalue weighted by atomic mass is 16.5. The Morgan fingerprint density at radius 2 is 2.00 bits per heavy atom. The van der Waals surface area contributed by atoms with Gasteiger partial charge >= 0.3 is 0 Å². The minimum Gasteiger partial charge on any atom is -0.381 e. The van der Waals surface area contributed by atoms with E-state index < -0.39 is 0 Å². The van der Waals surface area contributed by atoms with Gasteiger partial charge in [-0.3, -0.25) is 0 Å². The molecule has 2 unspecified atom stereocenters. The zero-order valence-electron chi connectivity index (χ0n) is 12.2. The van der Waals surface area contributed by atoms with Gasteiger partial charge in [0.2, 0.25) is 0 Å². The molecule has 106 valence electrons. The molecule has 2 aliphatic heterocycles. The molecule has 2 rings (SSSR count). The van der Waals surface area contributed by atoms with Crippen molar-refractivity contribution >= 4 is 0 Å². The normalized spacial score (nSPS) is 28.7. The fraction of sp³-hybridized carbons (Fsp3) is 1.00. The van der Waals surface area contributed by atoms with Crippen molar-refractivity contribution in [2.24, 2.45) is 11.8 Å². The van der Waals surface area contributed by atoms with Gasteiger partial charge in [-0.25, -0.2) is 0 Å². The summed E-state index contributed by atoms with van der Waals surface area (Å²) >= 11 is 0. The van der Waals surface area contributed by atoms with Gasteiger partial charge in [-0.05, 0) is 44.8 Å². The van der Waals surface area contributed by atoms with E-state index in [9.17, 15) is 0 Å². The van der Waals surface area contributed by atoms with Crippen molar-refractivity contribution in [1.82, 2.24) is 10.2 Å². The number of likely N-dealkylation sites (tertiary alicyclic amines) is 1. The van der Waals surface area contributed by atoms with Crippen LogP contribution in [0.1, 0.15) is 39.5 Å². The van der Waals surface area contributed by atoms with E-state index in [1.54, 1.807) is 0 Å². The highest BCUT2D eigenvalue weighted by Crippen LogP contribution is 2.22. The van der Waals surface area contributed by atoms with E-state index in [-0.39, 0.29) is 0 Å². The van der Waals surface area contributed by atoms with Crippen LogP contribution in [0.2, 0.25) is 0 Å². The number of hydrogen-bond acceptors (Lipinski definition) is 3. The molecule has 0 radical (unpaired) electrons. The molecular formula is C15H30N2O. The molecule has 0 saturated carbocycles. The lowest BCUT2D eigenvalue weighted by atomic mass is 9.92. The summed E-state index contributed by atoms with van der Waals surface area (Å²) in [6.07, 6.45) is 5.40. The number of hydrogen-bond donors (Lipinski definition) is 1. The summed E-state index contributed by atoms with van der Waals surface area (Å²) in [5.41, 5.74) is 0. The lowest BCUT2D eigenvalue weighted by Crippen LogP contribution is -2.48. The standard InChI is InChI=1S/C15H30N2O/c1-3-13-5-8-17(9-6-13)11-15(16-4-2)14-7-10-18-12-14/h13-16H,3-12H2,1-2H3. The molecule has 3 heteroatoms. The Labute approximate surface area is 112 Å². The van der Waals surface area contributed by atoms with Gasteiger partial charge in [0.25, 0.3) is 0 Å². The third-order valence-corrected chi connectivity index (χ3v) is 4.74. The van der Waals surface area contributed by atoms with E-state index in [0.29, 0.717) is 6.04 Å². The molecule has 0 aromatic carbocycles. The van der Waals surface area contributed by atoms with Gasteiger partial charge < -0.3 is 15.0 Å². The molecule has 0 spiro atoms. The predicted molar refractivity (Wildman–Crippen MR) is 75.8 cm³/mol. The Hall–Kier alpha value is -0.120.